The maximum absolute atomic E-state index is 12.1. The Kier molecular flexibility index (Phi) is 5.61. The molecule has 24 heavy (non-hydrogen) atoms. The second-order valence-corrected chi connectivity index (χ2v) is 7.21. The van der Waals surface area contributed by atoms with E-state index in [0.717, 1.165) is 50.0 Å². The summed E-state index contributed by atoms with van der Waals surface area (Å²) < 4.78 is 0. The Balaban J connectivity index is 1.50. The number of carbonyl (C=O) groups is 1. The third kappa shape index (κ3) is 4.41. The van der Waals surface area contributed by atoms with Crippen molar-refractivity contribution in [3.63, 3.8) is 0 Å². The predicted molar refractivity (Wildman–Crippen MR) is 97.6 cm³/mol. The zero-order valence-electron chi connectivity index (χ0n) is 14.6. The van der Waals surface area contributed by atoms with E-state index in [-0.39, 0.29) is 12.1 Å². The van der Waals surface area contributed by atoms with E-state index in [4.69, 9.17) is 0 Å². The second-order valence-electron chi connectivity index (χ2n) is 7.21. The van der Waals surface area contributed by atoms with Gasteiger partial charge >= 0.3 is 6.03 Å². The predicted octanol–water partition coefficient (Wildman–Crippen LogP) is 3.27. The van der Waals surface area contributed by atoms with Crippen LogP contribution >= 0.6 is 0 Å². The number of amides is 2. The van der Waals surface area contributed by atoms with Gasteiger partial charge < -0.3 is 20.6 Å². The molecule has 5 nitrogen and oxygen atoms in total. The summed E-state index contributed by atoms with van der Waals surface area (Å²) in [5.74, 6) is 0.387. The molecule has 1 saturated carbocycles. The number of anilines is 2. The van der Waals surface area contributed by atoms with Gasteiger partial charge in [-0.1, -0.05) is 6.42 Å². The molecule has 0 bridgehead atoms. The molecule has 3 N–H and O–H groups in total. The maximum Gasteiger partial charge on any atom is 0.319 e. The summed E-state index contributed by atoms with van der Waals surface area (Å²) in [5.41, 5.74) is 3.19. The monoisotopic (exact) mass is 331 g/mol. The molecule has 1 aliphatic carbocycles. The minimum atomic E-state index is -0.200. The molecule has 1 aromatic carbocycles. The first-order valence-corrected chi connectivity index (χ1v) is 9.20. The lowest BCUT2D eigenvalue weighted by atomic mass is 9.87. The van der Waals surface area contributed by atoms with Gasteiger partial charge in [-0.3, -0.25) is 0 Å². The number of urea groups is 1. The zero-order valence-corrected chi connectivity index (χ0v) is 14.6. The van der Waals surface area contributed by atoms with Crippen molar-refractivity contribution in [2.24, 2.45) is 5.92 Å². The van der Waals surface area contributed by atoms with Gasteiger partial charge in [0.15, 0.2) is 0 Å². The summed E-state index contributed by atoms with van der Waals surface area (Å²) >= 11 is 0. The molecule has 1 aliphatic heterocycles. The molecule has 1 aromatic rings. The largest absolute Gasteiger partial charge is 0.393 e. The Labute approximate surface area is 144 Å². The van der Waals surface area contributed by atoms with Crippen molar-refractivity contribution in [2.75, 3.05) is 29.9 Å². The van der Waals surface area contributed by atoms with Gasteiger partial charge in [0, 0.05) is 31.0 Å². The van der Waals surface area contributed by atoms with Gasteiger partial charge in [0.05, 0.1) is 6.10 Å². The van der Waals surface area contributed by atoms with Crippen LogP contribution in [0.1, 0.15) is 44.1 Å². The lowest BCUT2D eigenvalue weighted by molar-refractivity contribution is 0.101. The van der Waals surface area contributed by atoms with E-state index < -0.39 is 0 Å². The van der Waals surface area contributed by atoms with Crippen LogP contribution in [0.2, 0.25) is 0 Å². The molecule has 0 spiro atoms. The smallest absolute Gasteiger partial charge is 0.319 e. The summed E-state index contributed by atoms with van der Waals surface area (Å²) in [6.45, 7) is 4.92. The number of hydrogen-bond acceptors (Lipinski definition) is 3. The first-order valence-electron chi connectivity index (χ1n) is 9.20. The van der Waals surface area contributed by atoms with Crippen molar-refractivity contribution in [1.29, 1.82) is 0 Å². The number of nitrogens with zero attached hydrogens (tertiary/aromatic N) is 1. The Hall–Kier alpha value is -1.75. The van der Waals surface area contributed by atoms with Gasteiger partial charge in [0.25, 0.3) is 0 Å². The fraction of sp³-hybridized carbons (Fsp3) is 0.632. The number of benzene rings is 1. The standard InChI is InChI=1S/C19H29N3O2/c1-14-11-16(22-9-2-3-10-22)7-8-18(14)21-19(24)20-13-15-5-4-6-17(23)12-15/h7-8,11,15,17,23H,2-6,9-10,12-13H2,1H3,(H2,20,21,24). The highest BCUT2D eigenvalue weighted by Crippen LogP contribution is 2.26. The summed E-state index contributed by atoms with van der Waals surface area (Å²) in [4.78, 5) is 14.5. The van der Waals surface area contributed by atoms with E-state index >= 15 is 0 Å². The van der Waals surface area contributed by atoms with Crippen molar-refractivity contribution in [3.05, 3.63) is 23.8 Å². The van der Waals surface area contributed by atoms with Crippen LogP contribution in [0.15, 0.2) is 18.2 Å². The first kappa shape index (κ1) is 17.1. The van der Waals surface area contributed by atoms with Crippen LogP contribution in [-0.2, 0) is 0 Å². The Bertz CT molecular complexity index is 570. The van der Waals surface area contributed by atoms with E-state index in [0.29, 0.717) is 12.5 Å². The summed E-state index contributed by atoms with van der Waals surface area (Å²) in [6.07, 6.45) is 6.14. The van der Waals surface area contributed by atoms with Gasteiger partial charge in [-0.15, -0.1) is 0 Å². The average Bonchev–Trinajstić information content (AvgIpc) is 3.09. The minimum Gasteiger partial charge on any atom is -0.393 e. The molecule has 0 radical (unpaired) electrons. The van der Waals surface area contributed by atoms with Crippen LogP contribution in [0.5, 0.6) is 0 Å². The number of aliphatic hydroxyl groups excluding tert-OH is 1. The second kappa shape index (κ2) is 7.88. The van der Waals surface area contributed by atoms with E-state index in [2.05, 4.69) is 27.7 Å². The maximum atomic E-state index is 12.1. The number of nitrogens with one attached hydrogen (secondary N) is 2. The number of rotatable bonds is 4. The highest BCUT2D eigenvalue weighted by Gasteiger charge is 2.20. The highest BCUT2D eigenvalue weighted by molar-refractivity contribution is 5.90. The third-order valence-electron chi connectivity index (χ3n) is 5.24. The van der Waals surface area contributed by atoms with Crippen molar-refractivity contribution in [1.82, 2.24) is 5.32 Å². The highest BCUT2D eigenvalue weighted by atomic mass is 16.3. The van der Waals surface area contributed by atoms with Crippen LogP contribution in [0.3, 0.4) is 0 Å². The molecule has 1 saturated heterocycles. The van der Waals surface area contributed by atoms with Crippen LogP contribution in [0.25, 0.3) is 0 Å². The molecule has 5 heteroatoms. The molecule has 2 unspecified atom stereocenters. The van der Waals surface area contributed by atoms with Crippen LogP contribution in [0.4, 0.5) is 16.2 Å². The molecule has 0 aromatic heterocycles. The lowest BCUT2D eigenvalue weighted by Gasteiger charge is -2.26. The van der Waals surface area contributed by atoms with E-state index in [1.165, 1.54) is 18.5 Å². The molecule has 2 amide bonds. The molecular weight excluding hydrogens is 302 g/mol. The third-order valence-corrected chi connectivity index (χ3v) is 5.24. The van der Waals surface area contributed by atoms with Crippen LogP contribution < -0.4 is 15.5 Å². The van der Waals surface area contributed by atoms with Crippen molar-refractivity contribution < 1.29 is 9.90 Å². The molecule has 2 atom stereocenters. The van der Waals surface area contributed by atoms with Gasteiger partial charge in [-0.05, 0) is 68.7 Å². The summed E-state index contributed by atoms with van der Waals surface area (Å²) in [7, 11) is 0. The molecule has 1 heterocycles. The molecule has 132 valence electrons. The number of carbonyl (C=O) groups excluding carboxylic acids is 1. The van der Waals surface area contributed by atoms with Crippen molar-refractivity contribution in [3.8, 4) is 0 Å². The van der Waals surface area contributed by atoms with E-state index in [1.54, 1.807) is 0 Å². The molecule has 2 aliphatic rings. The fourth-order valence-electron chi connectivity index (χ4n) is 3.81. The van der Waals surface area contributed by atoms with Gasteiger partial charge in [0.1, 0.15) is 0 Å². The Morgan fingerprint density at radius 2 is 2.04 bits per heavy atom. The first-order chi connectivity index (χ1) is 11.6. The molecule has 2 fully saturated rings. The normalized spacial score (nSPS) is 24.0. The molecule has 3 rings (SSSR count). The Morgan fingerprint density at radius 1 is 1.25 bits per heavy atom. The summed E-state index contributed by atoms with van der Waals surface area (Å²) in [5, 5.41) is 15.6. The average molecular weight is 331 g/mol. The van der Waals surface area contributed by atoms with Gasteiger partial charge in [0.2, 0.25) is 0 Å². The molecular formula is C19H29N3O2. The van der Waals surface area contributed by atoms with Crippen molar-refractivity contribution >= 4 is 17.4 Å². The topological polar surface area (TPSA) is 64.6 Å². The zero-order chi connectivity index (χ0) is 16.9. The van der Waals surface area contributed by atoms with E-state index in [9.17, 15) is 9.90 Å². The summed E-state index contributed by atoms with van der Waals surface area (Å²) in [6, 6.07) is 6.07. The number of aryl methyl sites for hydroxylation is 1. The van der Waals surface area contributed by atoms with Gasteiger partial charge in [-0.25, -0.2) is 4.79 Å². The van der Waals surface area contributed by atoms with Crippen LogP contribution in [0, 0.1) is 12.8 Å². The number of hydrogen-bond donors (Lipinski definition) is 3. The minimum absolute atomic E-state index is 0.160. The van der Waals surface area contributed by atoms with Gasteiger partial charge in [-0.2, -0.15) is 0 Å². The van der Waals surface area contributed by atoms with E-state index in [1.807, 2.05) is 13.0 Å². The van der Waals surface area contributed by atoms with Crippen molar-refractivity contribution in [2.45, 2.75) is 51.6 Å². The lowest BCUT2D eigenvalue weighted by Crippen LogP contribution is -2.35. The number of aliphatic hydroxyl groups is 1. The van der Waals surface area contributed by atoms with Crippen LogP contribution in [-0.4, -0.2) is 36.9 Å². The Morgan fingerprint density at radius 3 is 2.75 bits per heavy atom. The quantitative estimate of drug-likeness (QED) is 0.793. The SMILES string of the molecule is Cc1cc(N2CCCC2)ccc1NC(=O)NCC1CCCC(O)C1. The fourth-order valence-corrected chi connectivity index (χ4v) is 3.81.